The molecule has 8 aromatic rings. The van der Waals surface area contributed by atoms with Crippen LogP contribution in [-0.4, -0.2) is 65.0 Å². The van der Waals surface area contributed by atoms with Gasteiger partial charge in [0.2, 0.25) is 23.5 Å². The molecule has 1 aliphatic rings. The molecule has 13 heteroatoms. The minimum atomic E-state index is -0.0668. The van der Waals surface area contributed by atoms with E-state index in [1.807, 2.05) is 119 Å². The molecule has 1 saturated heterocycles. The number of anilines is 2. The second kappa shape index (κ2) is 15.3. The quantitative estimate of drug-likeness (QED) is 0.158. The largest absolute Gasteiger partial charge is 0.344 e. The van der Waals surface area contributed by atoms with Crippen molar-refractivity contribution in [3.05, 3.63) is 139 Å². The van der Waals surface area contributed by atoms with E-state index < -0.39 is 0 Å². The Kier molecular flexibility index (Phi) is 9.96. The first-order valence-corrected chi connectivity index (χ1v) is 19.2. The number of benzene rings is 4. The number of hydrogen-bond donors (Lipinski definition) is 0. The molecule has 0 radical (unpaired) electrons. The Labute approximate surface area is 320 Å². The van der Waals surface area contributed by atoms with Gasteiger partial charge in [0.1, 0.15) is 0 Å². The van der Waals surface area contributed by atoms with Crippen LogP contribution < -0.4 is 20.9 Å². The lowest BCUT2D eigenvalue weighted by Gasteiger charge is -2.18. The Morgan fingerprint density at radius 2 is 1.24 bits per heavy atom. The second-order valence-corrected chi connectivity index (χ2v) is 14.6. The van der Waals surface area contributed by atoms with Crippen LogP contribution in [0.15, 0.2) is 117 Å². The molecular formula is C41H41BrN10O2. The van der Waals surface area contributed by atoms with Gasteiger partial charge in [0.25, 0.3) is 11.1 Å². The van der Waals surface area contributed by atoms with Crippen molar-refractivity contribution in [3.8, 4) is 0 Å². The Morgan fingerprint density at radius 3 is 1.91 bits per heavy atom. The molecule has 0 atom stereocenters. The van der Waals surface area contributed by atoms with Crippen LogP contribution in [0.25, 0.3) is 33.4 Å². The highest BCUT2D eigenvalue weighted by atomic mass is 79.9. The molecule has 0 amide bonds. The summed E-state index contributed by atoms with van der Waals surface area (Å²) in [6.07, 6.45) is 4.50. The van der Waals surface area contributed by atoms with Crippen molar-refractivity contribution in [2.45, 2.75) is 45.7 Å². The van der Waals surface area contributed by atoms with Crippen LogP contribution in [0.5, 0.6) is 0 Å². The van der Waals surface area contributed by atoms with Gasteiger partial charge in [-0.05, 0) is 60.7 Å². The summed E-state index contributed by atoms with van der Waals surface area (Å²) < 4.78 is 8.32. The lowest BCUT2D eigenvalue weighted by Crippen LogP contribution is -2.26. The number of rotatable bonds is 9. The average molecular weight is 786 g/mol. The highest BCUT2D eigenvalue weighted by Gasteiger charge is 2.23. The maximum Gasteiger partial charge on any atom is 0.263 e. The number of halogens is 1. The van der Waals surface area contributed by atoms with Crippen molar-refractivity contribution in [3.63, 3.8) is 0 Å². The summed E-state index contributed by atoms with van der Waals surface area (Å²) in [5.74, 6) is 2.73. The van der Waals surface area contributed by atoms with Gasteiger partial charge >= 0.3 is 0 Å². The predicted octanol–water partition coefficient (Wildman–Crippen LogP) is 6.78. The van der Waals surface area contributed by atoms with E-state index in [9.17, 15) is 9.59 Å². The normalized spacial score (nSPS) is 12.9. The number of nitrogens with zero attached hydrogens (tertiary/aromatic N) is 10. The third-order valence-corrected chi connectivity index (χ3v) is 10.5. The van der Waals surface area contributed by atoms with Crippen molar-refractivity contribution in [1.29, 1.82) is 0 Å². The number of para-hydroxylation sites is 1. The fraction of sp³-hybridized carbons (Fsp3) is 0.268. The van der Waals surface area contributed by atoms with E-state index in [1.54, 1.807) is 9.13 Å². The van der Waals surface area contributed by atoms with E-state index in [0.717, 1.165) is 83.8 Å². The molecule has 54 heavy (non-hydrogen) atoms. The van der Waals surface area contributed by atoms with Crippen molar-refractivity contribution >= 4 is 61.2 Å². The average Bonchev–Trinajstić information content (AvgIpc) is 3.99. The van der Waals surface area contributed by atoms with E-state index >= 15 is 0 Å². The van der Waals surface area contributed by atoms with Crippen molar-refractivity contribution < 1.29 is 0 Å². The van der Waals surface area contributed by atoms with Gasteiger partial charge in [0, 0.05) is 31.2 Å². The van der Waals surface area contributed by atoms with E-state index in [-0.39, 0.29) is 11.1 Å². The van der Waals surface area contributed by atoms with Crippen LogP contribution in [0.3, 0.4) is 0 Å². The summed E-state index contributed by atoms with van der Waals surface area (Å²) >= 11 is 3.50. The highest BCUT2D eigenvalue weighted by Crippen LogP contribution is 2.25. The lowest BCUT2D eigenvalue weighted by molar-refractivity contribution is 0.744. The monoisotopic (exact) mass is 784 g/mol. The molecule has 1 aliphatic heterocycles. The van der Waals surface area contributed by atoms with Crippen molar-refractivity contribution in [2.75, 3.05) is 36.5 Å². The Balaban J connectivity index is 0.000000153. The SMILES string of the molecule is CCCCN(C)c1nnc2n(Cc3ccccc3)c(=O)c3cc(Br)ccc3n12.O=c1c2ccccc2n2c(N3CCCC3)nnc2n1Cc1ccccc1. The summed E-state index contributed by atoms with van der Waals surface area (Å²) in [6.45, 7) is 5.93. The summed E-state index contributed by atoms with van der Waals surface area (Å²) in [6, 6.07) is 33.4. The number of hydrogen-bond acceptors (Lipinski definition) is 8. The minimum absolute atomic E-state index is 0.0303. The van der Waals surface area contributed by atoms with Gasteiger partial charge in [-0.25, -0.2) is 8.80 Å². The van der Waals surface area contributed by atoms with Gasteiger partial charge < -0.3 is 9.80 Å². The Morgan fingerprint density at radius 1 is 0.667 bits per heavy atom. The van der Waals surface area contributed by atoms with Crippen LogP contribution in [0.4, 0.5) is 11.9 Å². The molecule has 0 N–H and O–H groups in total. The topological polar surface area (TPSA) is 111 Å². The maximum absolute atomic E-state index is 13.3. The minimum Gasteiger partial charge on any atom is -0.344 e. The molecule has 4 aromatic heterocycles. The third-order valence-electron chi connectivity index (χ3n) is 9.98. The Hall–Kier alpha value is -5.82. The van der Waals surface area contributed by atoms with E-state index in [0.29, 0.717) is 35.4 Å². The number of unbranched alkanes of at least 4 members (excludes halogenated alkanes) is 1. The molecule has 0 saturated carbocycles. The zero-order valence-corrected chi connectivity index (χ0v) is 31.9. The standard InChI is InChI=1S/C21H22BrN5O.C20H19N5O/c1-3-4-12-25(2)20-23-24-21-26(14-15-8-6-5-7-9-15)19(28)17-13-16(22)10-11-18(17)27(20)21;26-18-16-10-4-5-11-17(16)25-19(23-12-6-7-13-23)21-22-20(25)24(18)14-15-8-2-1-3-9-15/h5-11,13H,3-4,12,14H2,1-2H3;1-5,8-11H,6-7,12-14H2. The fourth-order valence-electron chi connectivity index (χ4n) is 7.19. The molecule has 9 rings (SSSR count). The van der Waals surface area contributed by atoms with Gasteiger partial charge in [-0.1, -0.05) is 102 Å². The van der Waals surface area contributed by atoms with Crippen molar-refractivity contribution in [1.82, 2.24) is 38.3 Å². The van der Waals surface area contributed by atoms with E-state index in [1.165, 1.54) is 0 Å². The van der Waals surface area contributed by atoms with Crippen LogP contribution in [0, 0.1) is 0 Å². The Bertz CT molecular complexity index is 2700. The van der Waals surface area contributed by atoms with Gasteiger partial charge in [-0.2, -0.15) is 0 Å². The first-order chi connectivity index (χ1) is 26.4. The van der Waals surface area contributed by atoms with Crippen molar-refractivity contribution in [2.24, 2.45) is 0 Å². The molecule has 0 spiro atoms. The number of aromatic nitrogens is 8. The third kappa shape index (κ3) is 6.64. The van der Waals surface area contributed by atoms with Crippen LogP contribution in [0.2, 0.25) is 0 Å². The van der Waals surface area contributed by atoms with Gasteiger partial charge in [0.15, 0.2) is 0 Å². The van der Waals surface area contributed by atoms with E-state index in [2.05, 4.69) is 53.0 Å². The van der Waals surface area contributed by atoms with Gasteiger partial charge in [0.05, 0.1) is 34.9 Å². The highest BCUT2D eigenvalue weighted by molar-refractivity contribution is 9.10. The molecule has 0 aliphatic carbocycles. The van der Waals surface area contributed by atoms with Crippen LogP contribution in [0.1, 0.15) is 43.7 Å². The lowest BCUT2D eigenvalue weighted by atomic mass is 10.2. The first kappa shape index (κ1) is 35.2. The number of fused-ring (bicyclic) bond motifs is 6. The molecule has 5 heterocycles. The summed E-state index contributed by atoms with van der Waals surface area (Å²) in [4.78, 5) is 30.8. The molecule has 1 fully saturated rings. The van der Waals surface area contributed by atoms with Crippen LogP contribution in [-0.2, 0) is 13.1 Å². The molecule has 0 unspecified atom stereocenters. The first-order valence-electron chi connectivity index (χ1n) is 18.4. The van der Waals surface area contributed by atoms with Gasteiger partial charge in [-0.3, -0.25) is 18.7 Å². The molecular weight excluding hydrogens is 744 g/mol. The summed E-state index contributed by atoms with van der Waals surface area (Å²) in [5.41, 5.74) is 3.70. The maximum atomic E-state index is 13.3. The molecule has 0 bridgehead atoms. The smallest absolute Gasteiger partial charge is 0.263 e. The second-order valence-electron chi connectivity index (χ2n) is 13.7. The summed E-state index contributed by atoms with van der Waals surface area (Å²) in [7, 11) is 2.02. The zero-order valence-electron chi connectivity index (χ0n) is 30.3. The zero-order chi connectivity index (χ0) is 37.2. The van der Waals surface area contributed by atoms with E-state index in [4.69, 9.17) is 0 Å². The van der Waals surface area contributed by atoms with Crippen LogP contribution >= 0.6 is 15.9 Å². The molecule has 4 aromatic carbocycles. The predicted molar refractivity (Wildman–Crippen MR) is 218 cm³/mol. The summed E-state index contributed by atoms with van der Waals surface area (Å²) in [5, 5.41) is 19.0. The van der Waals surface area contributed by atoms with Gasteiger partial charge in [-0.15, -0.1) is 20.4 Å². The molecule has 12 nitrogen and oxygen atoms in total. The molecule has 274 valence electrons. The fourth-order valence-corrected chi connectivity index (χ4v) is 7.56.